The van der Waals surface area contributed by atoms with E-state index in [4.69, 9.17) is 16.3 Å². The molecule has 1 aromatic heterocycles. The quantitative estimate of drug-likeness (QED) is 0.894. The Morgan fingerprint density at radius 2 is 2.04 bits per heavy atom. The van der Waals surface area contributed by atoms with E-state index >= 15 is 0 Å². The molecule has 25 heavy (non-hydrogen) atoms. The fourth-order valence-electron chi connectivity index (χ4n) is 3.00. The van der Waals surface area contributed by atoms with Gasteiger partial charge in [-0.3, -0.25) is 4.57 Å². The average molecular weight is 366 g/mol. The Bertz CT molecular complexity index is 749. The highest BCUT2D eigenvalue weighted by Gasteiger charge is 2.30. The zero-order chi connectivity index (χ0) is 18.0. The first-order valence-corrected chi connectivity index (χ1v) is 8.32. The molecule has 0 aliphatic carbocycles. The third kappa shape index (κ3) is 3.54. The topological polar surface area (TPSA) is 83.7 Å². The molecular formula is C16H20ClN5O3. The summed E-state index contributed by atoms with van der Waals surface area (Å²) in [6.45, 7) is 3.69. The molecule has 1 aliphatic rings. The van der Waals surface area contributed by atoms with Crippen molar-refractivity contribution >= 4 is 23.6 Å². The van der Waals surface area contributed by atoms with Crippen molar-refractivity contribution in [3.8, 4) is 5.69 Å². The number of carbonyl (C=O) groups is 1. The summed E-state index contributed by atoms with van der Waals surface area (Å²) < 4.78 is 7.16. The predicted octanol–water partition coefficient (Wildman–Crippen LogP) is 2.26. The predicted molar refractivity (Wildman–Crippen MR) is 93.5 cm³/mol. The van der Waals surface area contributed by atoms with Crippen molar-refractivity contribution in [2.24, 2.45) is 0 Å². The average Bonchev–Trinajstić information content (AvgIpc) is 2.99. The molecule has 0 spiro atoms. The fourth-order valence-corrected chi connectivity index (χ4v) is 3.12. The third-order valence-corrected chi connectivity index (χ3v) is 4.48. The summed E-state index contributed by atoms with van der Waals surface area (Å²) in [6.07, 6.45) is -0.897. The van der Waals surface area contributed by atoms with E-state index in [2.05, 4.69) is 15.1 Å². The van der Waals surface area contributed by atoms with Gasteiger partial charge in [0, 0.05) is 37.8 Å². The van der Waals surface area contributed by atoms with Gasteiger partial charge in [-0.15, -0.1) is 10.2 Å². The smallest absolute Gasteiger partial charge is 0.407 e. The number of carboxylic acid groups (broad SMARTS) is 1. The molecule has 2 heterocycles. The summed E-state index contributed by atoms with van der Waals surface area (Å²) in [7, 11) is 1.61. The van der Waals surface area contributed by atoms with Crippen LogP contribution >= 0.6 is 11.6 Å². The van der Waals surface area contributed by atoms with Gasteiger partial charge >= 0.3 is 6.09 Å². The number of amides is 1. The summed E-state index contributed by atoms with van der Waals surface area (Å²) >= 11 is 5.99. The first kappa shape index (κ1) is 17.5. The van der Waals surface area contributed by atoms with Crippen LogP contribution in [0, 0.1) is 0 Å². The van der Waals surface area contributed by atoms with Gasteiger partial charge in [0.15, 0.2) is 5.82 Å². The Morgan fingerprint density at radius 1 is 1.32 bits per heavy atom. The van der Waals surface area contributed by atoms with E-state index in [9.17, 15) is 9.90 Å². The minimum Gasteiger partial charge on any atom is -0.465 e. The maximum atomic E-state index is 11.2. The molecule has 1 saturated heterocycles. The second-order valence-electron chi connectivity index (χ2n) is 5.93. The van der Waals surface area contributed by atoms with Crippen LogP contribution in [0.4, 0.5) is 10.7 Å². The minimum absolute atomic E-state index is 0.0181. The summed E-state index contributed by atoms with van der Waals surface area (Å²) in [6, 6.07) is 7.39. The normalized spacial score (nSPS) is 17.8. The number of methoxy groups -OCH3 is 1. The number of rotatable bonds is 4. The Morgan fingerprint density at radius 3 is 2.64 bits per heavy atom. The molecule has 1 unspecified atom stereocenters. The van der Waals surface area contributed by atoms with Gasteiger partial charge in [0.05, 0.1) is 5.69 Å². The molecule has 2 aromatic rings. The lowest BCUT2D eigenvalue weighted by atomic mass is 10.2. The van der Waals surface area contributed by atoms with E-state index in [-0.39, 0.29) is 6.04 Å². The molecule has 3 rings (SSSR count). The number of hydrogen-bond donors (Lipinski definition) is 1. The van der Waals surface area contributed by atoms with Crippen LogP contribution in [0.3, 0.4) is 0 Å². The van der Waals surface area contributed by atoms with Crippen LogP contribution in [0.15, 0.2) is 24.3 Å². The Labute approximate surface area is 150 Å². The number of nitrogens with zero attached hydrogens (tertiary/aromatic N) is 5. The standard InChI is InChI=1S/C16H20ClN5O3/c1-11-9-20(16(23)24)7-8-21(11)15-19-18-14(10-25-2)22(15)13-5-3-12(17)4-6-13/h3-6,11H,7-10H2,1-2H3,(H,23,24). The lowest BCUT2D eigenvalue weighted by Crippen LogP contribution is -2.54. The number of hydrogen-bond acceptors (Lipinski definition) is 5. The molecule has 1 fully saturated rings. The highest BCUT2D eigenvalue weighted by molar-refractivity contribution is 6.30. The van der Waals surface area contributed by atoms with E-state index in [0.29, 0.717) is 43.0 Å². The van der Waals surface area contributed by atoms with Gasteiger partial charge in [0.1, 0.15) is 6.61 Å². The molecule has 1 N–H and O–H groups in total. The molecule has 1 aromatic carbocycles. The van der Waals surface area contributed by atoms with Crippen LogP contribution in [0.2, 0.25) is 5.02 Å². The third-order valence-electron chi connectivity index (χ3n) is 4.23. The fraction of sp³-hybridized carbons (Fsp3) is 0.438. The van der Waals surface area contributed by atoms with E-state index in [1.165, 1.54) is 4.90 Å². The van der Waals surface area contributed by atoms with E-state index in [1.54, 1.807) is 7.11 Å². The van der Waals surface area contributed by atoms with Crippen LogP contribution in [0.5, 0.6) is 0 Å². The Kier molecular flexibility index (Phi) is 5.10. The summed E-state index contributed by atoms with van der Waals surface area (Å²) in [5.74, 6) is 1.35. The Hall–Kier alpha value is -2.32. The molecule has 1 aliphatic heterocycles. The molecule has 9 heteroatoms. The van der Waals surface area contributed by atoms with E-state index < -0.39 is 6.09 Å². The van der Waals surface area contributed by atoms with Crippen LogP contribution in [-0.2, 0) is 11.3 Å². The van der Waals surface area contributed by atoms with Crippen molar-refractivity contribution in [2.45, 2.75) is 19.6 Å². The molecule has 1 atom stereocenters. The number of benzene rings is 1. The molecule has 0 bridgehead atoms. The van der Waals surface area contributed by atoms with Crippen LogP contribution in [0.25, 0.3) is 5.69 Å². The van der Waals surface area contributed by atoms with Gasteiger partial charge in [-0.25, -0.2) is 4.79 Å². The van der Waals surface area contributed by atoms with Crippen LogP contribution < -0.4 is 4.90 Å². The maximum Gasteiger partial charge on any atom is 0.407 e. The first-order chi connectivity index (χ1) is 12.0. The van der Waals surface area contributed by atoms with Crippen molar-refractivity contribution in [3.63, 3.8) is 0 Å². The summed E-state index contributed by atoms with van der Waals surface area (Å²) in [4.78, 5) is 14.7. The Balaban J connectivity index is 1.96. The first-order valence-electron chi connectivity index (χ1n) is 7.95. The number of halogens is 1. The number of aromatic nitrogens is 3. The lowest BCUT2D eigenvalue weighted by Gasteiger charge is -2.39. The second kappa shape index (κ2) is 7.28. The maximum absolute atomic E-state index is 11.2. The van der Waals surface area contributed by atoms with Crippen molar-refractivity contribution < 1.29 is 14.6 Å². The number of piperazine rings is 1. The molecule has 8 nitrogen and oxygen atoms in total. The SMILES string of the molecule is COCc1nnc(N2CCN(C(=O)O)CC2C)n1-c1ccc(Cl)cc1. The molecule has 0 saturated carbocycles. The van der Waals surface area contributed by atoms with Crippen molar-refractivity contribution in [3.05, 3.63) is 35.1 Å². The molecule has 0 radical (unpaired) electrons. The highest BCUT2D eigenvalue weighted by atomic mass is 35.5. The van der Waals surface area contributed by atoms with Gasteiger partial charge in [-0.05, 0) is 31.2 Å². The van der Waals surface area contributed by atoms with Gasteiger partial charge in [-0.1, -0.05) is 11.6 Å². The van der Waals surface area contributed by atoms with Crippen LogP contribution in [0.1, 0.15) is 12.7 Å². The monoisotopic (exact) mass is 365 g/mol. The lowest BCUT2D eigenvalue weighted by molar-refractivity contribution is 0.136. The largest absolute Gasteiger partial charge is 0.465 e. The van der Waals surface area contributed by atoms with Gasteiger partial charge in [0.25, 0.3) is 0 Å². The van der Waals surface area contributed by atoms with Crippen molar-refractivity contribution in [1.82, 2.24) is 19.7 Å². The molecule has 1 amide bonds. The number of anilines is 1. The minimum atomic E-state index is -0.897. The van der Waals surface area contributed by atoms with E-state index in [1.807, 2.05) is 35.8 Å². The second-order valence-corrected chi connectivity index (χ2v) is 6.37. The molecule has 134 valence electrons. The summed E-state index contributed by atoms with van der Waals surface area (Å²) in [5.41, 5.74) is 0.879. The summed E-state index contributed by atoms with van der Waals surface area (Å²) in [5, 5.41) is 18.4. The van der Waals surface area contributed by atoms with Gasteiger partial charge < -0.3 is 19.6 Å². The highest BCUT2D eigenvalue weighted by Crippen LogP contribution is 2.25. The zero-order valence-corrected chi connectivity index (χ0v) is 14.8. The van der Waals surface area contributed by atoms with Gasteiger partial charge in [-0.2, -0.15) is 0 Å². The number of ether oxygens (including phenoxy) is 1. The van der Waals surface area contributed by atoms with E-state index in [0.717, 1.165) is 5.69 Å². The van der Waals surface area contributed by atoms with Crippen molar-refractivity contribution in [1.29, 1.82) is 0 Å². The zero-order valence-electron chi connectivity index (χ0n) is 14.1. The van der Waals surface area contributed by atoms with Crippen molar-refractivity contribution in [2.75, 3.05) is 31.6 Å². The van der Waals surface area contributed by atoms with Gasteiger partial charge in [0.2, 0.25) is 5.95 Å². The molecular weight excluding hydrogens is 346 g/mol. The van der Waals surface area contributed by atoms with Crippen LogP contribution in [-0.4, -0.2) is 63.7 Å².